The highest BCUT2D eigenvalue weighted by Crippen LogP contribution is 2.42. The normalized spacial score (nSPS) is 42.0. The van der Waals surface area contributed by atoms with Crippen molar-refractivity contribution in [2.45, 2.75) is 76.9 Å². The molecule has 0 saturated heterocycles. The summed E-state index contributed by atoms with van der Waals surface area (Å²) in [4.78, 5) is 0. The maximum absolute atomic E-state index is 6.03. The molecule has 0 bridgehead atoms. The van der Waals surface area contributed by atoms with Gasteiger partial charge in [0.15, 0.2) is 0 Å². The summed E-state index contributed by atoms with van der Waals surface area (Å²) in [6, 6.07) is 0.327. The minimum Gasteiger partial charge on any atom is -0.377 e. The molecule has 19 heavy (non-hydrogen) atoms. The Kier molecular flexibility index (Phi) is 5.27. The van der Waals surface area contributed by atoms with E-state index in [1.807, 2.05) is 7.11 Å². The van der Waals surface area contributed by atoms with Crippen LogP contribution >= 0.6 is 0 Å². The SMILES string of the molecule is COC1(C(NN)C2CCCC(C)C2)CCC(C)CC1. The minimum absolute atomic E-state index is 0.0248. The van der Waals surface area contributed by atoms with Crippen molar-refractivity contribution in [3.63, 3.8) is 0 Å². The summed E-state index contributed by atoms with van der Waals surface area (Å²) < 4.78 is 6.03. The van der Waals surface area contributed by atoms with Crippen molar-refractivity contribution in [3.8, 4) is 0 Å². The van der Waals surface area contributed by atoms with Gasteiger partial charge >= 0.3 is 0 Å². The first-order valence-corrected chi connectivity index (χ1v) is 8.12. The van der Waals surface area contributed by atoms with Gasteiger partial charge in [0.25, 0.3) is 0 Å². The lowest BCUT2D eigenvalue weighted by atomic mass is 9.67. The van der Waals surface area contributed by atoms with Crippen LogP contribution in [-0.2, 0) is 4.74 Å². The number of hydrogen-bond donors (Lipinski definition) is 2. The highest BCUT2D eigenvalue weighted by Gasteiger charge is 2.45. The summed E-state index contributed by atoms with van der Waals surface area (Å²) in [6.07, 6.45) is 10.2. The number of methoxy groups -OCH3 is 1. The molecule has 0 radical (unpaired) electrons. The van der Waals surface area contributed by atoms with E-state index in [1.165, 1.54) is 38.5 Å². The predicted octanol–water partition coefficient (Wildman–Crippen LogP) is 3.24. The smallest absolute Gasteiger partial charge is 0.0847 e. The van der Waals surface area contributed by atoms with Crippen molar-refractivity contribution in [2.24, 2.45) is 23.6 Å². The van der Waals surface area contributed by atoms with Crippen LogP contribution in [-0.4, -0.2) is 18.8 Å². The molecule has 3 atom stereocenters. The average Bonchev–Trinajstić information content (AvgIpc) is 2.42. The summed E-state index contributed by atoms with van der Waals surface area (Å²) in [5, 5.41) is 0. The lowest BCUT2D eigenvalue weighted by Gasteiger charge is -2.48. The fourth-order valence-corrected chi connectivity index (χ4v) is 4.39. The van der Waals surface area contributed by atoms with Gasteiger partial charge in [0.1, 0.15) is 0 Å². The Balaban J connectivity index is 2.09. The molecule has 3 unspecified atom stereocenters. The van der Waals surface area contributed by atoms with E-state index in [9.17, 15) is 0 Å². The lowest BCUT2D eigenvalue weighted by Crippen LogP contribution is -2.59. The van der Waals surface area contributed by atoms with E-state index >= 15 is 0 Å². The molecule has 0 spiro atoms. The maximum Gasteiger partial charge on any atom is 0.0847 e. The van der Waals surface area contributed by atoms with Gasteiger partial charge in [-0.25, -0.2) is 0 Å². The number of nitrogens with one attached hydrogen (secondary N) is 1. The third-order valence-electron chi connectivity index (χ3n) is 5.72. The Hall–Kier alpha value is -0.120. The first kappa shape index (κ1) is 15.3. The summed E-state index contributed by atoms with van der Waals surface area (Å²) >= 11 is 0. The van der Waals surface area contributed by atoms with Crippen molar-refractivity contribution >= 4 is 0 Å². The second-order valence-corrected chi connectivity index (χ2v) is 7.13. The topological polar surface area (TPSA) is 47.3 Å². The van der Waals surface area contributed by atoms with Crippen LogP contribution in [0.2, 0.25) is 0 Å². The number of hydrogen-bond acceptors (Lipinski definition) is 3. The van der Waals surface area contributed by atoms with Crippen molar-refractivity contribution in [1.82, 2.24) is 5.43 Å². The Morgan fingerprint density at radius 3 is 2.32 bits per heavy atom. The second-order valence-electron chi connectivity index (χ2n) is 7.13. The highest BCUT2D eigenvalue weighted by molar-refractivity contribution is 4.99. The van der Waals surface area contributed by atoms with Crippen LogP contribution in [0.4, 0.5) is 0 Å². The molecule has 2 aliphatic carbocycles. The maximum atomic E-state index is 6.03. The zero-order chi connectivity index (χ0) is 13.9. The molecule has 0 aliphatic heterocycles. The van der Waals surface area contributed by atoms with E-state index in [2.05, 4.69) is 19.3 Å². The van der Waals surface area contributed by atoms with E-state index in [1.54, 1.807) is 0 Å². The fourth-order valence-electron chi connectivity index (χ4n) is 4.39. The molecule has 0 aromatic rings. The molecular weight excluding hydrogens is 236 g/mol. The molecule has 3 N–H and O–H groups in total. The molecule has 112 valence electrons. The van der Waals surface area contributed by atoms with Crippen molar-refractivity contribution in [1.29, 1.82) is 0 Å². The van der Waals surface area contributed by atoms with Gasteiger partial charge in [0, 0.05) is 7.11 Å². The van der Waals surface area contributed by atoms with E-state index in [0.717, 1.165) is 24.7 Å². The Labute approximate surface area is 118 Å². The third-order valence-corrected chi connectivity index (χ3v) is 5.72. The van der Waals surface area contributed by atoms with Gasteiger partial charge in [0.2, 0.25) is 0 Å². The van der Waals surface area contributed by atoms with Gasteiger partial charge in [-0.2, -0.15) is 0 Å². The Morgan fingerprint density at radius 1 is 1.11 bits per heavy atom. The molecule has 3 heteroatoms. The monoisotopic (exact) mass is 268 g/mol. The van der Waals surface area contributed by atoms with Gasteiger partial charge in [-0.3, -0.25) is 11.3 Å². The Morgan fingerprint density at radius 2 is 1.79 bits per heavy atom. The summed E-state index contributed by atoms with van der Waals surface area (Å²) in [6.45, 7) is 4.73. The zero-order valence-electron chi connectivity index (χ0n) is 13.0. The molecule has 0 aromatic heterocycles. The molecule has 0 aromatic carbocycles. The standard InChI is InChI=1S/C16H32N2O/c1-12-7-9-16(19-3,10-8-12)15(18-17)14-6-4-5-13(2)11-14/h12-15,18H,4-11,17H2,1-3H3. The molecule has 3 nitrogen and oxygen atoms in total. The molecule has 2 rings (SSSR count). The van der Waals surface area contributed by atoms with E-state index < -0.39 is 0 Å². The molecule has 2 aliphatic rings. The van der Waals surface area contributed by atoms with Gasteiger partial charge < -0.3 is 4.74 Å². The second kappa shape index (κ2) is 6.55. The van der Waals surface area contributed by atoms with Crippen LogP contribution in [0.25, 0.3) is 0 Å². The zero-order valence-corrected chi connectivity index (χ0v) is 13.0. The third kappa shape index (κ3) is 3.32. The van der Waals surface area contributed by atoms with E-state index in [0.29, 0.717) is 12.0 Å². The van der Waals surface area contributed by atoms with Crippen LogP contribution in [0, 0.1) is 17.8 Å². The molecule has 2 fully saturated rings. The summed E-state index contributed by atoms with van der Waals surface area (Å²) in [5.74, 6) is 8.31. The first-order chi connectivity index (χ1) is 9.11. The average molecular weight is 268 g/mol. The fraction of sp³-hybridized carbons (Fsp3) is 1.00. The number of ether oxygens (including phenoxy) is 1. The first-order valence-electron chi connectivity index (χ1n) is 8.12. The predicted molar refractivity (Wildman–Crippen MR) is 79.6 cm³/mol. The van der Waals surface area contributed by atoms with Crippen LogP contribution in [0.1, 0.15) is 65.2 Å². The number of hydrazine groups is 1. The molecule has 0 amide bonds. The summed E-state index contributed by atoms with van der Waals surface area (Å²) in [7, 11) is 1.88. The van der Waals surface area contributed by atoms with Crippen LogP contribution < -0.4 is 11.3 Å². The largest absolute Gasteiger partial charge is 0.377 e. The van der Waals surface area contributed by atoms with E-state index in [-0.39, 0.29) is 5.60 Å². The summed E-state index contributed by atoms with van der Waals surface area (Å²) in [5.41, 5.74) is 3.12. The van der Waals surface area contributed by atoms with Crippen molar-refractivity contribution < 1.29 is 4.74 Å². The number of nitrogens with two attached hydrogens (primary N) is 1. The van der Waals surface area contributed by atoms with Crippen LogP contribution in [0.3, 0.4) is 0 Å². The van der Waals surface area contributed by atoms with Crippen LogP contribution in [0.5, 0.6) is 0 Å². The number of rotatable bonds is 4. The Bertz CT molecular complexity index is 274. The van der Waals surface area contributed by atoms with Gasteiger partial charge in [-0.05, 0) is 56.3 Å². The minimum atomic E-state index is -0.0248. The van der Waals surface area contributed by atoms with Gasteiger partial charge in [0.05, 0.1) is 11.6 Å². The molecule has 2 saturated carbocycles. The van der Waals surface area contributed by atoms with Crippen molar-refractivity contribution in [3.05, 3.63) is 0 Å². The van der Waals surface area contributed by atoms with Crippen molar-refractivity contribution in [2.75, 3.05) is 7.11 Å². The molecular formula is C16H32N2O. The molecule has 0 heterocycles. The van der Waals surface area contributed by atoms with Crippen LogP contribution in [0.15, 0.2) is 0 Å². The quantitative estimate of drug-likeness (QED) is 0.608. The van der Waals surface area contributed by atoms with Gasteiger partial charge in [-0.15, -0.1) is 0 Å². The highest BCUT2D eigenvalue weighted by atomic mass is 16.5. The van der Waals surface area contributed by atoms with Gasteiger partial charge in [-0.1, -0.05) is 26.7 Å². The lowest BCUT2D eigenvalue weighted by molar-refractivity contribution is -0.0934. The van der Waals surface area contributed by atoms with E-state index in [4.69, 9.17) is 10.6 Å².